The Morgan fingerprint density at radius 1 is 1.36 bits per heavy atom. The van der Waals surface area contributed by atoms with Gasteiger partial charge in [-0.3, -0.25) is 4.79 Å². The Morgan fingerprint density at radius 3 is 2.64 bits per heavy atom. The van der Waals surface area contributed by atoms with Crippen molar-refractivity contribution in [2.45, 2.75) is 30.3 Å². The van der Waals surface area contributed by atoms with Gasteiger partial charge in [-0.15, -0.1) is 11.3 Å². The Morgan fingerprint density at radius 2 is 2.04 bits per heavy atom. The van der Waals surface area contributed by atoms with Crippen LogP contribution in [0, 0.1) is 11.8 Å². The number of rotatable bonds is 5. The summed E-state index contributed by atoms with van der Waals surface area (Å²) in [7, 11) is 0. The molecule has 0 aliphatic carbocycles. The van der Waals surface area contributed by atoms with Crippen molar-refractivity contribution in [2.75, 3.05) is 0 Å². The summed E-state index contributed by atoms with van der Waals surface area (Å²) in [5, 5.41) is 22.2. The highest BCUT2D eigenvalue weighted by atomic mass is 35.5. The Hall–Kier alpha value is -1.87. The van der Waals surface area contributed by atoms with Gasteiger partial charge >= 0.3 is 5.97 Å². The van der Waals surface area contributed by atoms with Crippen molar-refractivity contribution in [1.82, 2.24) is 9.88 Å². The number of carbonyl (C=O) groups excluding carboxylic acids is 1. The molecular weight excluding hydrogens is 420 g/mol. The van der Waals surface area contributed by atoms with Gasteiger partial charge in [0.15, 0.2) is 4.34 Å². The van der Waals surface area contributed by atoms with Gasteiger partial charge in [-0.1, -0.05) is 42.4 Å². The second-order valence-corrected chi connectivity index (χ2v) is 9.46. The molecule has 2 aliphatic heterocycles. The number of aliphatic hydroxyl groups excluding tert-OH is 1. The van der Waals surface area contributed by atoms with Crippen molar-refractivity contribution in [2.24, 2.45) is 11.8 Å². The third kappa shape index (κ3) is 3.04. The van der Waals surface area contributed by atoms with Gasteiger partial charge in [-0.25, -0.2) is 9.78 Å². The van der Waals surface area contributed by atoms with Crippen LogP contribution in [-0.2, 0) is 9.59 Å². The molecule has 6 nitrogen and oxygen atoms in total. The average molecular weight is 437 g/mol. The highest BCUT2D eigenvalue weighted by molar-refractivity contribution is 8.04. The van der Waals surface area contributed by atoms with Crippen molar-refractivity contribution < 1.29 is 19.8 Å². The molecule has 4 atom stereocenters. The normalized spacial score (nSPS) is 24.9. The molecule has 28 heavy (non-hydrogen) atoms. The number of aromatic nitrogens is 1. The molecule has 1 fully saturated rings. The molecule has 1 unspecified atom stereocenters. The molecule has 4 rings (SSSR count). The number of nitrogens with zero attached hydrogens (tertiary/aromatic N) is 2. The minimum atomic E-state index is -1.14. The molecule has 1 aromatic carbocycles. The lowest BCUT2D eigenvalue weighted by molar-refractivity contribution is -0.163. The van der Waals surface area contributed by atoms with E-state index >= 15 is 0 Å². The maximum Gasteiger partial charge on any atom is 0.353 e. The zero-order valence-electron chi connectivity index (χ0n) is 15.0. The van der Waals surface area contributed by atoms with Gasteiger partial charge in [0.1, 0.15) is 5.70 Å². The maximum absolute atomic E-state index is 12.4. The number of thioether (sulfide) groups is 1. The Labute approximate surface area is 174 Å². The SMILES string of the molecule is C[C@H]1C(Sc2nc(-c3ccc(Cl)cc3)cs2)=C(C(=O)O)N2C(=O)[C@H]([C@@H](C)O)C12. The molecule has 9 heteroatoms. The molecule has 1 amide bonds. The fourth-order valence-corrected chi connectivity index (χ4v) is 6.03. The standard InChI is InChI=1S/C19H17ClN2O4S2/c1-8-14-13(9(2)23)17(24)22(14)15(18(25)26)16(8)28-19-21-12(7-27-19)10-3-5-11(20)6-4-10/h3-9,13-14,23H,1-2H3,(H,25,26)/t8-,9-,13-,14?/m1/s1. The van der Waals surface area contributed by atoms with Crippen molar-refractivity contribution in [3.8, 4) is 11.3 Å². The minimum Gasteiger partial charge on any atom is -0.477 e. The highest BCUT2D eigenvalue weighted by Gasteiger charge is 2.60. The van der Waals surface area contributed by atoms with Crippen molar-refractivity contribution >= 4 is 46.6 Å². The lowest BCUT2D eigenvalue weighted by atomic mass is 9.79. The first-order chi connectivity index (χ1) is 13.3. The lowest BCUT2D eigenvalue weighted by Crippen LogP contribution is -2.63. The molecule has 0 spiro atoms. The monoisotopic (exact) mass is 436 g/mol. The fraction of sp³-hybridized carbons (Fsp3) is 0.316. The van der Waals surface area contributed by atoms with Gasteiger partial charge in [0, 0.05) is 26.8 Å². The maximum atomic E-state index is 12.4. The number of hydrogen-bond acceptors (Lipinski definition) is 6. The Balaban J connectivity index is 1.63. The molecule has 1 saturated heterocycles. The van der Waals surface area contributed by atoms with E-state index in [1.807, 2.05) is 24.4 Å². The second-order valence-electron chi connectivity index (χ2n) is 6.88. The van der Waals surface area contributed by atoms with Crippen molar-refractivity contribution in [3.63, 3.8) is 0 Å². The second kappa shape index (κ2) is 7.18. The van der Waals surface area contributed by atoms with Gasteiger partial charge in [-0.2, -0.15) is 0 Å². The molecule has 2 aromatic rings. The summed E-state index contributed by atoms with van der Waals surface area (Å²) in [5.41, 5.74) is 1.72. The van der Waals surface area contributed by atoms with Crippen LogP contribution in [0.25, 0.3) is 11.3 Å². The number of fused-ring (bicyclic) bond motifs is 1. The molecule has 0 radical (unpaired) electrons. The number of thiazole rings is 1. The minimum absolute atomic E-state index is 0.00708. The molecular formula is C19H17ClN2O4S2. The van der Waals surface area contributed by atoms with E-state index < -0.39 is 18.0 Å². The van der Waals surface area contributed by atoms with E-state index in [2.05, 4.69) is 4.98 Å². The van der Waals surface area contributed by atoms with E-state index in [0.717, 1.165) is 11.3 Å². The molecule has 146 valence electrons. The predicted molar refractivity (Wildman–Crippen MR) is 108 cm³/mol. The third-order valence-electron chi connectivity index (χ3n) is 5.13. The summed E-state index contributed by atoms with van der Waals surface area (Å²) in [6, 6.07) is 7.02. The van der Waals surface area contributed by atoms with E-state index in [4.69, 9.17) is 11.6 Å². The van der Waals surface area contributed by atoms with Crippen LogP contribution in [0.15, 0.2) is 44.6 Å². The summed E-state index contributed by atoms with van der Waals surface area (Å²) < 4.78 is 0.703. The summed E-state index contributed by atoms with van der Waals surface area (Å²) in [5.74, 6) is -2.22. The molecule has 2 N–H and O–H groups in total. The molecule has 1 aromatic heterocycles. The highest BCUT2D eigenvalue weighted by Crippen LogP contribution is 2.52. The fourth-order valence-electron chi connectivity index (χ4n) is 3.81. The zero-order valence-corrected chi connectivity index (χ0v) is 17.4. The first-order valence-electron chi connectivity index (χ1n) is 8.67. The summed E-state index contributed by atoms with van der Waals surface area (Å²) in [6.07, 6.45) is -0.813. The largest absolute Gasteiger partial charge is 0.477 e. The number of halogens is 1. The Kier molecular flexibility index (Phi) is 4.99. The van der Waals surface area contributed by atoms with E-state index in [1.54, 1.807) is 19.1 Å². The van der Waals surface area contributed by atoms with Crippen LogP contribution in [-0.4, -0.2) is 44.1 Å². The first kappa shape index (κ1) is 19.4. The number of aliphatic hydroxyl groups is 1. The zero-order chi connectivity index (χ0) is 20.2. The van der Waals surface area contributed by atoms with Gasteiger partial charge < -0.3 is 15.1 Å². The molecule has 0 saturated carbocycles. The van der Waals surface area contributed by atoms with Crippen LogP contribution in [0.5, 0.6) is 0 Å². The molecule has 2 aliphatic rings. The summed E-state index contributed by atoms with van der Waals surface area (Å²) >= 11 is 8.63. The van der Waals surface area contributed by atoms with Crippen molar-refractivity contribution in [3.05, 3.63) is 45.3 Å². The first-order valence-corrected chi connectivity index (χ1v) is 10.7. The number of carboxylic acids is 1. The molecule has 3 heterocycles. The van der Waals surface area contributed by atoms with Crippen LogP contribution < -0.4 is 0 Å². The number of benzene rings is 1. The summed E-state index contributed by atoms with van der Waals surface area (Å²) in [4.78, 5) is 30.8. The number of carbonyl (C=O) groups is 2. The van der Waals surface area contributed by atoms with Crippen LogP contribution in [0.1, 0.15) is 13.8 Å². The Bertz CT molecular complexity index is 986. The van der Waals surface area contributed by atoms with E-state index in [-0.39, 0.29) is 23.6 Å². The third-order valence-corrected chi connectivity index (χ3v) is 7.61. The van der Waals surface area contributed by atoms with E-state index in [1.165, 1.54) is 28.0 Å². The van der Waals surface area contributed by atoms with Gasteiger partial charge in [-0.05, 0) is 19.1 Å². The number of carboxylic acid groups (broad SMARTS) is 1. The topological polar surface area (TPSA) is 90.7 Å². The van der Waals surface area contributed by atoms with Gasteiger partial charge in [0.2, 0.25) is 5.91 Å². The average Bonchev–Trinajstić information content (AvgIpc) is 3.18. The van der Waals surface area contributed by atoms with Crippen LogP contribution in [0.3, 0.4) is 0 Å². The number of aliphatic carboxylic acids is 1. The van der Waals surface area contributed by atoms with E-state index in [0.29, 0.717) is 14.3 Å². The smallest absolute Gasteiger partial charge is 0.353 e. The van der Waals surface area contributed by atoms with Crippen LogP contribution >= 0.6 is 34.7 Å². The quantitative estimate of drug-likeness (QED) is 0.694. The lowest BCUT2D eigenvalue weighted by Gasteiger charge is -2.46. The van der Waals surface area contributed by atoms with Crippen LogP contribution in [0.4, 0.5) is 0 Å². The van der Waals surface area contributed by atoms with Gasteiger partial charge in [0.05, 0.1) is 23.8 Å². The molecule has 0 bridgehead atoms. The number of hydrogen-bond donors (Lipinski definition) is 2. The predicted octanol–water partition coefficient (Wildman–Crippen LogP) is 3.71. The van der Waals surface area contributed by atoms with E-state index in [9.17, 15) is 19.8 Å². The summed E-state index contributed by atoms with van der Waals surface area (Å²) in [6.45, 7) is 3.46. The van der Waals surface area contributed by atoms with Crippen molar-refractivity contribution in [1.29, 1.82) is 0 Å². The number of β-lactam (4-membered cyclic amide) rings is 1. The number of amides is 1. The van der Waals surface area contributed by atoms with Gasteiger partial charge in [0.25, 0.3) is 0 Å². The van der Waals surface area contributed by atoms with Crippen LogP contribution in [0.2, 0.25) is 5.02 Å².